The minimum atomic E-state index is -0.232. The molecule has 0 radical (unpaired) electrons. The molecule has 5 nitrogen and oxygen atoms in total. The first-order chi connectivity index (χ1) is 9.33. The molecule has 2 aromatic rings. The summed E-state index contributed by atoms with van der Waals surface area (Å²) >= 11 is 0. The van der Waals surface area contributed by atoms with Crippen LogP contribution in [-0.2, 0) is 4.79 Å². The minimum Gasteiger partial charge on any atom is -0.305 e. The van der Waals surface area contributed by atoms with E-state index in [0.29, 0.717) is 17.2 Å². The van der Waals surface area contributed by atoms with E-state index < -0.39 is 0 Å². The smallest absolute Gasteiger partial charge is 0.275 e. The molecule has 1 N–H and O–H groups in total. The van der Waals surface area contributed by atoms with Gasteiger partial charge in [0.15, 0.2) is 0 Å². The highest BCUT2D eigenvalue weighted by molar-refractivity contribution is 6.19. The van der Waals surface area contributed by atoms with Crippen LogP contribution in [0.1, 0.15) is 11.3 Å². The largest absolute Gasteiger partial charge is 0.305 e. The summed E-state index contributed by atoms with van der Waals surface area (Å²) in [6.45, 7) is 0. The summed E-state index contributed by atoms with van der Waals surface area (Å²) in [5.74, 6) is 0.282. The molecule has 0 saturated heterocycles. The molecular weight excluding hydrogens is 240 g/mol. The summed E-state index contributed by atoms with van der Waals surface area (Å²) in [5.41, 5.74) is 1.82. The molecule has 0 bridgehead atoms. The first-order valence-corrected chi connectivity index (χ1v) is 5.76. The molecule has 19 heavy (non-hydrogen) atoms. The predicted octanol–water partition coefficient (Wildman–Crippen LogP) is 1.39. The molecule has 0 spiro atoms. The van der Waals surface area contributed by atoms with Gasteiger partial charge in [0.25, 0.3) is 5.91 Å². The molecule has 0 atom stereocenters. The number of hydrogen-bond acceptors (Lipinski definition) is 4. The van der Waals surface area contributed by atoms with Gasteiger partial charge >= 0.3 is 0 Å². The first-order valence-electron chi connectivity index (χ1n) is 5.76. The van der Waals surface area contributed by atoms with Gasteiger partial charge in [-0.15, -0.1) is 0 Å². The van der Waals surface area contributed by atoms with Crippen LogP contribution in [0, 0.1) is 0 Å². The number of carbonyl (C=O) groups excluding carboxylic acids is 1. The fourth-order valence-corrected chi connectivity index (χ4v) is 1.71. The Morgan fingerprint density at radius 3 is 2.79 bits per heavy atom. The average Bonchev–Trinajstić information content (AvgIpc) is 2.82. The maximum Gasteiger partial charge on any atom is 0.275 e. The average molecular weight is 250 g/mol. The van der Waals surface area contributed by atoms with Crippen LogP contribution in [0.5, 0.6) is 0 Å². The van der Waals surface area contributed by atoms with Gasteiger partial charge in [-0.1, -0.05) is 6.07 Å². The van der Waals surface area contributed by atoms with Crippen molar-refractivity contribution in [2.24, 2.45) is 4.99 Å². The highest BCUT2D eigenvalue weighted by atomic mass is 16.2. The quantitative estimate of drug-likeness (QED) is 0.819. The molecule has 1 aliphatic heterocycles. The van der Waals surface area contributed by atoms with Gasteiger partial charge in [-0.2, -0.15) is 0 Å². The van der Waals surface area contributed by atoms with Crippen molar-refractivity contribution in [2.75, 3.05) is 0 Å². The van der Waals surface area contributed by atoms with Gasteiger partial charge in [-0.3, -0.25) is 14.8 Å². The molecule has 2 aromatic heterocycles. The van der Waals surface area contributed by atoms with Crippen LogP contribution < -0.4 is 5.32 Å². The molecule has 0 saturated carbocycles. The van der Waals surface area contributed by atoms with Crippen LogP contribution in [0.25, 0.3) is 6.08 Å². The van der Waals surface area contributed by atoms with Crippen molar-refractivity contribution in [2.45, 2.75) is 0 Å². The molecule has 5 heteroatoms. The zero-order valence-corrected chi connectivity index (χ0v) is 9.95. The van der Waals surface area contributed by atoms with Crippen molar-refractivity contribution >= 4 is 17.8 Å². The van der Waals surface area contributed by atoms with Gasteiger partial charge < -0.3 is 5.32 Å². The van der Waals surface area contributed by atoms with Crippen molar-refractivity contribution in [3.05, 3.63) is 65.9 Å². The number of amides is 1. The van der Waals surface area contributed by atoms with Gasteiger partial charge in [-0.25, -0.2) is 4.99 Å². The molecule has 1 amide bonds. The van der Waals surface area contributed by atoms with Crippen molar-refractivity contribution in [1.29, 1.82) is 0 Å². The fraction of sp³-hybridized carbons (Fsp3) is 0. The normalized spacial score (nSPS) is 16.3. The van der Waals surface area contributed by atoms with Gasteiger partial charge in [0, 0.05) is 24.2 Å². The summed E-state index contributed by atoms with van der Waals surface area (Å²) in [5, 5.41) is 2.72. The second kappa shape index (κ2) is 4.81. The molecule has 92 valence electrons. The van der Waals surface area contributed by atoms with E-state index in [1.165, 1.54) is 0 Å². The van der Waals surface area contributed by atoms with Crippen LogP contribution in [-0.4, -0.2) is 21.7 Å². The lowest BCUT2D eigenvalue weighted by Gasteiger charge is -1.97. The Kier molecular flexibility index (Phi) is 2.86. The number of aliphatic imine (C=N–C) groups is 1. The summed E-state index contributed by atoms with van der Waals surface area (Å²) in [4.78, 5) is 24.2. The van der Waals surface area contributed by atoms with Gasteiger partial charge in [0.1, 0.15) is 11.5 Å². The molecule has 0 unspecified atom stereocenters. The third-order valence-electron chi connectivity index (χ3n) is 2.60. The van der Waals surface area contributed by atoms with Crippen LogP contribution in [0.15, 0.2) is 59.6 Å². The van der Waals surface area contributed by atoms with Crippen LogP contribution in [0.3, 0.4) is 0 Å². The number of hydrogen-bond donors (Lipinski definition) is 1. The Hall–Kier alpha value is -2.82. The molecule has 3 rings (SSSR count). The first kappa shape index (κ1) is 11.3. The molecule has 0 aliphatic carbocycles. The lowest BCUT2D eigenvalue weighted by Crippen LogP contribution is -2.24. The van der Waals surface area contributed by atoms with E-state index >= 15 is 0 Å². The van der Waals surface area contributed by atoms with E-state index in [1.54, 1.807) is 30.7 Å². The number of pyridine rings is 2. The highest BCUT2D eigenvalue weighted by Crippen LogP contribution is 2.13. The Morgan fingerprint density at radius 1 is 1.11 bits per heavy atom. The number of aromatic nitrogens is 2. The van der Waals surface area contributed by atoms with E-state index in [1.807, 2.05) is 24.3 Å². The monoisotopic (exact) mass is 250 g/mol. The number of carbonyl (C=O) groups is 1. The summed E-state index contributed by atoms with van der Waals surface area (Å²) in [6.07, 6.45) is 6.65. The van der Waals surface area contributed by atoms with E-state index in [0.717, 1.165) is 5.56 Å². The Labute approximate surface area is 109 Å². The second-order valence-electron chi connectivity index (χ2n) is 3.94. The number of rotatable bonds is 2. The van der Waals surface area contributed by atoms with Crippen molar-refractivity contribution in [3.8, 4) is 0 Å². The van der Waals surface area contributed by atoms with E-state index in [2.05, 4.69) is 20.3 Å². The molecule has 3 heterocycles. The van der Waals surface area contributed by atoms with Crippen LogP contribution in [0.2, 0.25) is 0 Å². The number of nitrogens with zero attached hydrogens (tertiary/aromatic N) is 3. The van der Waals surface area contributed by atoms with Gasteiger partial charge in [0.05, 0.1) is 5.69 Å². The molecule has 0 fully saturated rings. The zero-order valence-electron chi connectivity index (χ0n) is 9.95. The maximum atomic E-state index is 11.8. The summed E-state index contributed by atoms with van der Waals surface area (Å²) < 4.78 is 0. The molecule has 1 aliphatic rings. The molecule has 0 aromatic carbocycles. The Bertz CT molecular complexity index is 662. The van der Waals surface area contributed by atoms with E-state index in [4.69, 9.17) is 0 Å². The van der Waals surface area contributed by atoms with Crippen LogP contribution in [0.4, 0.5) is 0 Å². The number of amidine groups is 1. The highest BCUT2D eigenvalue weighted by Gasteiger charge is 2.21. The SMILES string of the molecule is O=C1NC(c2cccnc2)=N/C1=C/c1ccccn1. The lowest BCUT2D eigenvalue weighted by molar-refractivity contribution is -0.115. The summed E-state index contributed by atoms with van der Waals surface area (Å²) in [6, 6.07) is 9.14. The zero-order chi connectivity index (χ0) is 13.1. The maximum absolute atomic E-state index is 11.8. The third kappa shape index (κ3) is 2.40. The van der Waals surface area contributed by atoms with Crippen molar-refractivity contribution in [3.63, 3.8) is 0 Å². The standard InChI is InChI=1S/C14H10N4O/c19-14-12(8-11-5-1-2-7-16-11)17-13(18-14)10-4-3-6-15-9-10/h1-9H,(H,17,18,19)/b12-8+. The minimum absolute atomic E-state index is 0.232. The van der Waals surface area contributed by atoms with Crippen molar-refractivity contribution < 1.29 is 4.79 Å². The topological polar surface area (TPSA) is 67.2 Å². The second-order valence-corrected chi connectivity index (χ2v) is 3.94. The third-order valence-corrected chi connectivity index (χ3v) is 2.60. The predicted molar refractivity (Wildman–Crippen MR) is 71.1 cm³/mol. The Balaban J connectivity index is 1.94. The van der Waals surface area contributed by atoms with Crippen molar-refractivity contribution in [1.82, 2.24) is 15.3 Å². The van der Waals surface area contributed by atoms with E-state index in [-0.39, 0.29) is 5.91 Å². The number of nitrogens with one attached hydrogen (secondary N) is 1. The van der Waals surface area contributed by atoms with Gasteiger partial charge in [-0.05, 0) is 30.3 Å². The Morgan fingerprint density at radius 2 is 2.05 bits per heavy atom. The van der Waals surface area contributed by atoms with Crippen LogP contribution >= 0.6 is 0 Å². The molecular formula is C14H10N4O. The lowest BCUT2D eigenvalue weighted by atomic mass is 10.3. The fourth-order valence-electron chi connectivity index (χ4n) is 1.71. The summed E-state index contributed by atoms with van der Waals surface area (Å²) in [7, 11) is 0. The van der Waals surface area contributed by atoms with Gasteiger partial charge in [0.2, 0.25) is 0 Å². The van der Waals surface area contributed by atoms with E-state index in [9.17, 15) is 4.79 Å².